The van der Waals surface area contributed by atoms with Gasteiger partial charge in [0.25, 0.3) is 0 Å². The molecule has 0 bridgehead atoms. The number of hydrogen-bond acceptors (Lipinski definition) is 9. The molecule has 1 N–H and O–H groups in total. The summed E-state index contributed by atoms with van der Waals surface area (Å²) in [5.74, 6) is -0.768. The van der Waals surface area contributed by atoms with Gasteiger partial charge in [-0.1, -0.05) is 48.5 Å². The van der Waals surface area contributed by atoms with E-state index in [1.165, 1.54) is 4.90 Å². The molecule has 40 heavy (non-hydrogen) atoms. The van der Waals surface area contributed by atoms with E-state index >= 15 is 0 Å². The molecule has 0 fully saturated rings. The van der Waals surface area contributed by atoms with Crippen molar-refractivity contribution in [3.8, 4) is 22.8 Å². The standard InChI is InChI=1S/C28H34F2N6O4/c1-28(2,3)40-25(39)19-36(15-13-30)17-21-6-10-23(11-7-21)27-33-31-26(32-34-27)22-8-4-20(5-9-22)16-35(14-12-29)18-24(37)38/h4-11H,12-19H2,1-3H3,(H,37,38). The van der Waals surface area contributed by atoms with Crippen molar-refractivity contribution in [2.24, 2.45) is 0 Å². The van der Waals surface area contributed by atoms with E-state index in [1.807, 2.05) is 24.3 Å². The highest BCUT2D eigenvalue weighted by molar-refractivity contribution is 5.72. The van der Waals surface area contributed by atoms with Crippen LogP contribution in [-0.4, -0.2) is 92.4 Å². The van der Waals surface area contributed by atoms with E-state index in [9.17, 15) is 18.4 Å². The molecule has 0 atom stereocenters. The van der Waals surface area contributed by atoms with Gasteiger partial charge in [0.2, 0.25) is 11.6 Å². The Morgan fingerprint density at radius 2 is 1.15 bits per heavy atom. The van der Waals surface area contributed by atoms with Crippen molar-refractivity contribution in [2.75, 3.05) is 39.5 Å². The number of nitrogens with zero attached hydrogens (tertiary/aromatic N) is 6. The summed E-state index contributed by atoms with van der Waals surface area (Å²) < 4.78 is 31.1. The Balaban J connectivity index is 1.62. The molecule has 0 aliphatic rings. The smallest absolute Gasteiger partial charge is 0.320 e. The first kappa shape index (κ1) is 30.6. The lowest BCUT2D eigenvalue weighted by molar-refractivity contribution is -0.156. The first-order valence-corrected chi connectivity index (χ1v) is 12.8. The van der Waals surface area contributed by atoms with Crippen LogP contribution in [0.5, 0.6) is 0 Å². The molecule has 0 saturated carbocycles. The molecule has 0 aliphatic heterocycles. The molecule has 0 spiro atoms. The third kappa shape index (κ3) is 10.0. The van der Waals surface area contributed by atoms with Gasteiger partial charge in [0, 0.05) is 37.3 Å². The predicted octanol–water partition coefficient (Wildman–Crippen LogP) is 3.57. The van der Waals surface area contributed by atoms with E-state index in [0.717, 1.165) is 11.1 Å². The summed E-state index contributed by atoms with van der Waals surface area (Å²) in [7, 11) is 0. The van der Waals surface area contributed by atoms with Crippen molar-refractivity contribution in [3.63, 3.8) is 0 Å². The van der Waals surface area contributed by atoms with Gasteiger partial charge < -0.3 is 9.84 Å². The molecule has 0 saturated heterocycles. The van der Waals surface area contributed by atoms with Crippen LogP contribution in [0.3, 0.4) is 0 Å². The predicted molar refractivity (Wildman–Crippen MR) is 144 cm³/mol. The fourth-order valence-electron chi connectivity index (χ4n) is 3.91. The quantitative estimate of drug-likeness (QED) is 0.295. The molecule has 10 nitrogen and oxygen atoms in total. The van der Waals surface area contributed by atoms with Gasteiger partial charge in [0.1, 0.15) is 19.0 Å². The van der Waals surface area contributed by atoms with Crippen molar-refractivity contribution in [3.05, 3.63) is 59.7 Å². The summed E-state index contributed by atoms with van der Waals surface area (Å²) in [4.78, 5) is 26.3. The number of ether oxygens (including phenoxy) is 1. The Labute approximate surface area is 232 Å². The van der Waals surface area contributed by atoms with Crippen LogP contribution in [0.25, 0.3) is 22.8 Å². The molecule has 0 aliphatic carbocycles. The molecule has 3 rings (SSSR count). The lowest BCUT2D eigenvalue weighted by atomic mass is 10.1. The highest BCUT2D eigenvalue weighted by Crippen LogP contribution is 2.19. The van der Waals surface area contributed by atoms with Gasteiger partial charge in [-0.15, -0.1) is 20.4 Å². The summed E-state index contributed by atoms with van der Waals surface area (Å²) in [5, 5.41) is 25.7. The number of carboxylic acids is 1. The number of aliphatic carboxylic acids is 1. The molecule has 0 unspecified atom stereocenters. The first-order valence-electron chi connectivity index (χ1n) is 12.8. The van der Waals surface area contributed by atoms with Crippen LogP contribution < -0.4 is 0 Å². The first-order chi connectivity index (χ1) is 19.1. The molecular formula is C28H34F2N6O4. The van der Waals surface area contributed by atoms with Crippen LogP contribution in [0.4, 0.5) is 8.78 Å². The maximum absolute atomic E-state index is 13.1. The maximum Gasteiger partial charge on any atom is 0.320 e. The number of esters is 1. The second-order valence-corrected chi connectivity index (χ2v) is 10.2. The lowest BCUT2D eigenvalue weighted by Crippen LogP contribution is -2.35. The largest absolute Gasteiger partial charge is 0.480 e. The van der Waals surface area contributed by atoms with Crippen molar-refractivity contribution in [1.82, 2.24) is 30.2 Å². The highest BCUT2D eigenvalue weighted by Gasteiger charge is 2.19. The minimum absolute atomic E-state index is 0.0133. The fraction of sp³-hybridized carbons (Fsp3) is 0.429. The number of carboxylic acid groups (broad SMARTS) is 1. The molecule has 1 heterocycles. The summed E-state index contributed by atoms with van der Waals surface area (Å²) in [6, 6.07) is 14.5. The third-order valence-corrected chi connectivity index (χ3v) is 5.65. The van der Waals surface area contributed by atoms with Crippen molar-refractivity contribution in [2.45, 2.75) is 39.5 Å². The van der Waals surface area contributed by atoms with Gasteiger partial charge in [-0.2, -0.15) is 0 Å². The fourth-order valence-corrected chi connectivity index (χ4v) is 3.91. The Kier molecular flexibility index (Phi) is 11.1. The Morgan fingerprint density at radius 3 is 1.50 bits per heavy atom. The Morgan fingerprint density at radius 1 is 0.750 bits per heavy atom. The van der Waals surface area contributed by atoms with E-state index in [4.69, 9.17) is 9.84 Å². The molecule has 2 aromatic carbocycles. The van der Waals surface area contributed by atoms with E-state index < -0.39 is 30.9 Å². The second-order valence-electron chi connectivity index (χ2n) is 10.2. The molecule has 214 valence electrons. The average molecular weight is 557 g/mol. The average Bonchev–Trinajstić information content (AvgIpc) is 2.88. The number of rotatable bonds is 14. The van der Waals surface area contributed by atoms with Gasteiger partial charge in [0.15, 0.2) is 0 Å². The molecule has 1 aromatic heterocycles. The van der Waals surface area contributed by atoms with Gasteiger partial charge in [-0.05, 0) is 31.9 Å². The van der Waals surface area contributed by atoms with Gasteiger partial charge in [-0.3, -0.25) is 19.4 Å². The number of carbonyl (C=O) groups is 2. The topological polar surface area (TPSA) is 122 Å². The van der Waals surface area contributed by atoms with Gasteiger partial charge in [-0.25, -0.2) is 8.78 Å². The highest BCUT2D eigenvalue weighted by atomic mass is 19.1. The Hall–Kier alpha value is -3.90. The van der Waals surface area contributed by atoms with Crippen LogP contribution >= 0.6 is 0 Å². The van der Waals surface area contributed by atoms with Crippen LogP contribution in [-0.2, 0) is 27.4 Å². The van der Waals surface area contributed by atoms with E-state index in [0.29, 0.717) is 35.9 Å². The number of carbonyl (C=O) groups excluding carboxylic acids is 1. The normalized spacial score (nSPS) is 11.7. The van der Waals surface area contributed by atoms with Gasteiger partial charge >= 0.3 is 11.9 Å². The molecule has 0 amide bonds. The maximum atomic E-state index is 13.1. The minimum atomic E-state index is -1.01. The number of aromatic nitrogens is 4. The van der Waals surface area contributed by atoms with Crippen molar-refractivity contribution < 1.29 is 28.2 Å². The molecule has 0 radical (unpaired) electrons. The van der Waals surface area contributed by atoms with Crippen LogP contribution in [0.2, 0.25) is 0 Å². The zero-order chi connectivity index (χ0) is 29.1. The lowest BCUT2D eigenvalue weighted by Gasteiger charge is -2.24. The number of benzene rings is 2. The summed E-state index contributed by atoms with van der Waals surface area (Å²) >= 11 is 0. The van der Waals surface area contributed by atoms with Gasteiger partial charge in [0.05, 0.1) is 13.1 Å². The number of hydrogen-bond donors (Lipinski definition) is 1. The zero-order valence-corrected chi connectivity index (χ0v) is 22.9. The molecular weight excluding hydrogens is 522 g/mol. The number of alkyl halides is 2. The molecule has 12 heteroatoms. The second kappa shape index (κ2) is 14.5. The Bertz CT molecular complexity index is 1240. The van der Waals surface area contributed by atoms with E-state index in [1.54, 1.807) is 49.9 Å². The summed E-state index contributed by atoms with van der Waals surface area (Å²) in [5.41, 5.74) is 2.47. The van der Waals surface area contributed by atoms with Crippen LogP contribution in [0, 0.1) is 0 Å². The van der Waals surface area contributed by atoms with Crippen LogP contribution in [0.15, 0.2) is 48.5 Å². The van der Waals surface area contributed by atoms with E-state index in [-0.39, 0.29) is 26.2 Å². The zero-order valence-electron chi connectivity index (χ0n) is 22.9. The summed E-state index contributed by atoms with van der Waals surface area (Å²) in [6.07, 6.45) is 0. The third-order valence-electron chi connectivity index (χ3n) is 5.65. The van der Waals surface area contributed by atoms with Crippen molar-refractivity contribution >= 4 is 11.9 Å². The monoisotopic (exact) mass is 556 g/mol. The minimum Gasteiger partial charge on any atom is -0.480 e. The summed E-state index contributed by atoms with van der Waals surface area (Å²) in [6.45, 7) is 4.72. The number of halogens is 2. The van der Waals surface area contributed by atoms with Crippen molar-refractivity contribution in [1.29, 1.82) is 0 Å². The SMILES string of the molecule is CC(C)(C)OC(=O)CN(CCF)Cc1ccc(-c2nnc(-c3ccc(CN(CCF)CC(=O)O)cc3)nn2)cc1. The van der Waals surface area contributed by atoms with Crippen LogP contribution in [0.1, 0.15) is 31.9 Å². The van der Waals surface area contributed by atoms with E-state index in [2.05, 4.69) is 20.4 Å². The molecule has 3 aromatic rings.